The van der Waals surface area contributed by atoms with Gasteiger partial charge < -0.3 is 15.5 Å². The molecule has 0 aromatic carbocycles. The highest BCUT2D eigenvalue weighted by molar-refractivity contribution is 14.0. The predicted octanol–water partition coefficient (Wildman–Crippen LogP) is 3.47. The number of nitrogens with one attached hydrogen (secondary N) is 2. The molecule has 23 heavy (non-hydrogen) atoms. The Hall–Kier alpha value is -0.0400. The zero-order valence-corrected chi connectivity index (χ0v) is 17.7. The Morgan fingerprint density at radius 1 is 1.17 bits per heavy atom. The van der Waals surface area contributed by atoms with E-state index in [1.165, 1.54) is 58.0 Å². The largest absolute Gasteiger partial charge is 0.357 e. The summed E-state index contributed by atoms with van der Waals surface area (Å²) in [6.45, 7) is 9.98. The lowest BCUT2D eigenvalue weighted by molar-refractivity contribution is 0.139. The third kappa shape index (κ3) is 6.77. The molecule has 0 amide bonds. The summed E-state index contributed by atoms with van der Waals surface area (Å²) in [5, 5.41) is 6.95. The van der Waals surface area contributed by atoms with Gasteiger partial charge in [-0.1, -0.05) is 13.3 Å². The van der Waals surface area contributed by atoms with Gasteiger partial charge in [-0.05, 0) is 76.9 Å². The molecule has 2 aliphatic rings. The van der Waals surface area contributed by atoms with Crippen molar-refractivity contribution >= 4 is 29.9 Å². The summed E-state index contributed by atoms with van der Waals surface area (Å²) in [4.78, 5) is 7.30. The van der Waals surface area contributed by atoms with E-state index in [0.29, 0.717) is 5.41 Å². The summed E-state index contributed by atoms with van der Waals surface area (Å²) in [7, 11) is 2.23. The fourth-order valence-corrected chi connectivity index (χ4v) is 3.63. The van der Waals surface area contributed by atoms with E-state index in [4.69, 9.17) is 4.99 Å². The number of aliphatic imine (C=N–C) groups is 1. The van der Waals surface area contributed by atoms with Crippen LogP contribution in [0, 0.1) is 11.3 Å². The van der Waals surface area contributed by atoms with Crippen LogP contribution in [0.4, 0.5) is 0 Å². The third-order valence-electron chi connectivity index (χ3n) is 5.76. The van der Waals surface area contributed by atoms with Gasteiger partial charge in [0.2, 0.25) is 0 Å². The first-order chi connectivity index (χ1) is 10.7. The van der Waals surface area contributed by atoms with Crippen molar-refractivity contribution in [1.82, 2.24) is 15.5 Å². The molecule has 4 nitrogen and oxygen atoms in total. The summed E-state index contributed by atoms with van der Waals surface area (Å²) in [5.41, 5.74) is 0.510. The van der Waals surface area contributed by atoms with Crippen LogP contribution in [0.15, 0.2) is 4.99 Å². The van der Waals surface area contributed by atoms with Crippen LogP contribution in [0.3, 0.4) is 0 Å². The second-order valence-corrected chi connectivity index (χ2v) is 7.36. The molecule has 2 N–H and O–H groups in total. The lowest BCUT2D eigenvalue weighted by atomic mass is 9.67. The molecule has 1 heterocycles. The van der Waals surface area contributed by atoms with Crippen LogP contribution >= 0.6 is 24.0 Å². The lowest BCUT2D eigenvalue weighted by Gasteiger charge is -2.40. The van der Waals surface area contributed by atoms with Gasteiger partial charge in [-0.15, -0.1) is 24.0 Å². The highest BCUT2D eigenvalue weighted by Gasteiger charge is 2.34. The lowest BCUT2D eigenvalue weighted by Crippen LogP contribution is -2.41. The molecule has 0 radical (unpaired) electrons. The molecule has 0 aromatic rings. The predicted molar refractivity (Wildman–Crippen MR) is 111 cm³/mol. The summed E-state index contributed by atoms with van der Waals surface area (Å²) < 4.78 is 0. The van der Waals surface area contributed by atoms with Crippen molar-refractivity contribution in [2.45, 2.75) is 58.8 Å². The van der Waals surface area contributed by atoms with Gasteiger partial charge in [-0.2, -0.15) is 0 Å². The maximum atomic E-state index is 4.86. The van der Waals surface area contributed by atoms with Crippen LogP contribution in [-0.4, -0.2) is 50.6 Å². The number of piperidine rings is 1. The zero-order valence-electron chi connectivity index (χ0n) is 15.4. The zero-order chi connectivity index (χ0) is 15.8. The van der Waals surface area contributed by atoms with Crippen LogP contribution < -0.4 is 10.6 Å². The molecule has 5 heteroatoms. The number of guanidine groups is 1. The first kappa shape index (κ1) is 21.0. The van der Waals surface area contributed by atoms with Gasteiger partial charge in [0.1, 0.15) is 0 Å². The Bertz CT molecular complexity index is 341. The Labute approximate surface area is 160 Å². The van der Waals surface area contributed by atoms with Crippen molar-refractivity contribution in [3.05, 3.63) is 0 Å². The van der Waals surface area contributed by atoms with Gasteiger partial charge in [0.25, 0.3) is 0 Å². The van der Waals surface area contributed by atoms with Crippen molar-refractivity contribution in [3.8, 4) is 0 Å². The Kier molecular flexibility index (Phi) is 9.82. The average Bonchev–Trinajstić information content (AvgIpc) is 2.48. The van der Waals surface area contributed by atoms with Gasteiger partial charge in [-0.25, -0.2) is 0 Å². The minimum atomic E-state index is 0. The molecule has 0 spiro atoms. The van der Waals surface area contributed by atoms with Crippen molar-refractivity contribution < 1.29 is 0 Å². The highest BCUT2D eigenvalue weighted by Crippen LogP contribution is 2.43. The quantitative estimate of drug-likeness (QED) is 0.365. The number of nitrogens with zero attached hydrogens (tertiary/aromatic N) is 2. The Morgan fingerprint density at radius 2 is 1.87 bits per heavy atom. The van der Waals surface area contributed by atoms with E-state index >= 15 is 0 Å². The molecule has 2 fully saturated rings. The molecule has 1 aliphatic heterocycles. The van der Waals surface area contributed by atoms with Gasteiger partial charge in [0, 0.05) is 19.6 Å². The molecule has 0 atom stereocenters. The van der Waals surface area contributed by atoms with Gasteiger partial charge in [0.15, 0.2) is 5.96 Å². The van der Waals surface area contributed by atoms with Gasteiger partial charge in [-0.3, -0.25) is 4.99 Å². The minimum absolute atomic E-state index is 0. The number of halogens is 1. The second kappa shape index (κ2) is 10.7. The number of hydrogen-bond acceptors (Lipinski definition) is 2. The minimum Gasteiger partial charge on any atom is -0.357 e. The van der Waals surface area contributed by atoms with Crippen molar-refractivity contribution in [1.29, 1.82) is 0 Å². The maximum absolute atomic E-state index is 4.86. The molecule has 0 unspecified atom stereocenters. The van der Waals surface area contributed by atoms with Crippen molar-refractivity contribution in [2.24, 2.45) is 16.3 Å². The van der Waals surface area contributed by atoms with E-state index in [2.05, 4.69) is 36.4 Å². The maximum Gasteiger partial charge on any atom is 0.191 e. The summed E-state index contributed by atoms with van der Waals surface area (Å²) >= 11 is 0. The Morgan fingerprint density at radius 3 is 2.39 bits per heavy atom. The first-order valence-electron chi connectivity index (χ1n) is 9.38. The smallest absolute Gasteiger partial charge is 0.191 e. The summed E-state index contributed by atoms with van der Waals surface area (Å²) in [5.74, 6) is 1.91. The third-order valence-corrected chi connectivity index (χ3v) is 5.76. The normalized spacial score (nSPS) is 22.1. The van der Waals surface area contributed by atoms with E-state index in [9.17, 15) is 0 Å². The molecule has 1 aliphatic carbocycles. The fourth-order valence-electron chi connectivity index (χ4n) is 3.63. The average molecular weight is 436 g/mol. The van der Waals surface area contributed by atoms with Gasteiger partial charge >= 0.3 is 0 Å². The van der Waals surface area contributed by atoms with E-state index in [1.54, 1.807) is 0 Å². The van der Waals surface area contributed by atoms with Crippen molar-refractivity contribution in [2.75, 3.05) is 39.8 Å². The van der Waals surface area contributed by atoms with E-state index in [0.717, 1.165) is 31.5 Å². The number of hydrogen-bond donors (Lipinski definition) is 2. The molecule has 136 valence electrons. The highest BCUT2D eigenvalue weighted by atomic mass is 127. The van der Waals surface area contributed by atoms with Crippen LogP contribution in [0.1, 0.15) is 58.8 Å². The standard InChI is InChI=1S/C18H36N4.HI/c1-4-18(10-6-11-18)15-21-17(19-5-2)20-12-7-16-8-13-22(3)14-9-16;/h16H,4-15H2,1-3H3,(H2,19,20,21);1H. The molecule has 0 bridgehead atoms. The SMILES string of the molecule is CCNC(=NCC1(CC)CCC1)NCCC1CCN(C)CC1.I. The summed E-state index contributed by atoms with van der Waals surface area (Å²) in [6, 6.07) is 0. The van der Waals surface area contributed by atoms with Crippen LogP contribution in [0.25, 0.3) is 0 Å². The van der Waals surface area contributed by atoms with Crippen LogP contribution in [0.2, 0.25) is 0 Å². The van der Waals surface area contributed by atoms with E-state index in [1.807, 2.05) is 0 Å². The topological polar surface area (TPSA) is 39.7 Å². The van der Waals surface area contributed by atoms with Gasteiger partial charge in [0.05, 0.1) is 0 Å². The molecule has 2 rings (SSSR count). The monoisotopic (exact) mass is 436 g/mol. The fraction of sp³-hybridized carbons (Fsp3) is 0.944. The number of likely N-dealkylation sites (tertiary alicyclic amines) is 1. The summed E-state index contributed by atoms with van der Waals surface area (Å²) in [6.07, 6.45) is 9.37. The Balaban J connectivity index is 0.00000264. The van der Waals surface area contributed by atoms with Crippen molar-refractivity contribution in [3.63, 3.8) is 0 Å². The molecular formula is C18H37IN4. The van der Waals surface area contributed by atoms with E-state index < -0.39 is 0 Å². The molecule has 1 saturated carbocycles. The second-order valence-electron chi connectivity index (χ2n) is 7.36. The van der Waals surface area contributed by atoms with E-state index in [-0.39, 0.29) is 24.0 Å². The molecule has 0 aromatic heterocycles. The number of rotatable bonds is 7. The molecule has 1 saturated heterocycles. The first-order valence-corrected chi connectivity index (χ1v) is 9.38. The molecular weight excluding hydrogens is 399 g/mol. The van der Waals surface area contributed by atoms with Crippen LogP contribution in [-0.2, 0) is 0 Å². The van der Waals surface area contributed by atoms with Crippen LogP contribution in [0.5, 0.6) is 0 Å².